The minimum atomic E-state index is -2.21. The lowest BCUT2D eigenvalue weighted by atomic mass is 10.2. The van der Waals surface area contributed by atoms with Crippen molar-refractivity contribution in [3.8, 4) is 0 Å². The van der Waals surface area contributed by atoms with E-state index >= 15 is 0 Å². The molecule has 17 heavy (non-hydrogen) atoms. The molecule has 1 unspecified atom stereocenters. The van der Waals surface area contributed by atoms with Gasteiger partial charge in [-0.2, -0.15) is 0 Å². The van der Waals surface area contributed by atoms with Crippen molar-refractivity contribution in [1.82, 2.24) is 0 Å². The zero-order valence-corrected chi connectivity index (χ0v) is 12.0. The molecule has 0 aromatic rings. The summed E-state index contributed by atoms with van der Waals surface area (Å²) in [5, 5.41) is 10.5. The van der Waals surface area contributed by atoms with Gasteiger partial charge in [0.2, 0.25) is 0 Å². The Morgan fingerprint density at radius 1 is 1.29 bits per heavy atom. The molecule has 0 N–H and O–H groups in total. The number of quaternary nitrogens is 1. The van der Waals surface area contributed by atoms with E-state index in [0.717, 1.165) is 0 Å². The van der Waals surface area contributed by atoms with Crippen LogP contribution in [0.25, 0.3) is 0 Å². The van der Waals surface area contributed by atoms with Gasteiger partial charge in [-0.3, -0.25) is 0 Å². The van der Waals surface area contributed by atoms with Gasteiger partial charge < -0.3 is 19.1 Å². The number of hydrogen-bond donors (Lipinski definition) is 0. The molecule has 0 saturated heterocycles. The summed E-state index contributed by atoms with van der Waals surface area (Å²) in [4.78, 5) is 21.8. The molecule has 0 spiro atoms. The highest BCUT2D eigenvalue weighted by atomic mass is 35.6. The molecule has 8 heteroatoms. The van der Waals surface area contributed by atoms with Crippen LogP contribution >= 0.6 is 34.8 Å². The lowest BCUT2D eigenvalue weighted by Crippen LogP contribution is -2.46. The van der Waals surface area contributed by atoms with E-state index in [2.05, 4.69) is 0 Å². The molecule has 0 aliphatic heterocycles. The Bertz CT molecular complexity index is 296. The van der Waals surface area contributed by atoms with Gasteiger partial charge in [0.1, 0.15) is 6.54 Å². The summed E-state index contributed by atoms with van der Waals surface area (Å²) in [6, 6.07) is 0. The number of alkyl halides is 3. The van der Waals surface area contributed by atoms with E-state index in [1.54, 1.807) is 0 Å². The Morgan fingerprint density at radius 3 is 2.06 bits per heavy atom. The molecule has 0 amide bonds. The molecule has 0 fully saturated rings. The number of ether oxygens (including phenoxy) is 1. The topological polar surface area (TPSA) is 66.4 Å². The molecule has 5 nitrogen and oxygen atoms in total. The van der Waals surface area contributed by atoms with Gasteiger partial charge in [0.15, 0.2) is 6.10 Å². The number of carbonyl (C=O) groups is 2. The standard InChI is InChI=1S/C9H14Cl3NO4/c1-13(2,3)5-6(4-7(14)15)17-8(16)9(10,11)12/h6H,4-5H2,1-3H3. The van der Waals surface area contributed by atoms with Crippen molar-refractivity contribution in [3.63, 3.8) is 0 Å². The minimum Gasteiger partial charge on any atom is -0.550 e. The zero-order valence-electron chi connectivity index (χ0n) is 9.71. The summed E-state index contributed by atoms with van der Waals surface area (Å²) >= 11 is 16.0. The van der Waals surface area contributed by atoms with Gasteiger partial charge >= 0.3 is 5.97 Å². The SMILES string of the molecule is C[N+](C)(C)CC(CC(=O)[O-])OC(=O)C(Cl)(Cl)Cl. The van der Waals surface area contributed by atoms with E-state index in [0.29, 0.717) is 4.48 Å². The fourth-order valence-corrected chi connectivity index (χ4v) is 1.29. The van der Waals surface area contributed by atoms with Gasteiger partial charge in [0.05, 0.1) is 21.1 Å². The third-order valence-electron chi connectivity index (χ3n) is 1.65. The largest absolute Gasteiger partial charge is 0.550 e. The first-order valence-electron chi connectivity index (χ1n) is 4.70. The number of nitrogens with zero attached hydrogens (tertiary/aromatic N) is 1. The highest BCUT2D eigenvalue weighted by Crippen LogP contribution is 2.28. The van der Waals surface area contributed by atoms with Crippen LogP contribution in [0.15, 0.2) is 0 Å². The third kappa shape index (κ3) is 8.49. The van der Waals surface area contributed by atoms with Gasteiger partial charge in [-0.05, 0) is 0 Å². The van der Waals surface area contributed by atoms with Crippen LogP contribution in [0.2, 0.25) is 0 Å². The second-order valence-electron chi connectivity index (χ2n) is 4.57. The van der Waals surface area contributed by atoms with Crippen LogP contribution in [-0.4, -0.2) is 54.0 Å². The molecule has 1 atom stereocenters. The number of carbonyl (C=O) groups excluding carboxylic acids is 2. The summed E-state index contributed by atoms with van der Waals surface area (Å²) in [5.41, 5.74) is 0. The van der Waals surface area contributed by atoms with Crippen LogP contribution in [0.1, 0.15) is 6.42 Å². The Labute approximate surface area is 115 Å². The lowest BCUT2D eigenvalue weighted by molar-refractivity contribution is -0.873. The number of hydrogen-bond acceptors (Lipinski definition) is 4. The van der Waals surface area contributed by atoms with Crippen molar-refractivity contribution >= 4 is 46.7 Å². The molecular formula is C9H14Cl3NO4. The molecule has 0 aliphatic carbocycles. The van der Waals surface area contributed by atoms with Gasteiger partial charge in [0, 0.05) is 12.4 Å². The van der Waals surface area contributed by atoms with Gasteiger partial charge in [0.25, 0.3) is 3.79 Å². The number of carboxylic acid groups (broad SMARTS) is 1. The van der Waals surface area contributed by atoms with E-state index in [-0.39, 0.29) is 6.54 Å². The summed E-state index contributed by atoms with van der Waals surface area (Å²) in [6.45, 7) is 0.264. The molecule has 0 saturated carbocycles. The number of rotatable bonds is 5. The van der Waals surface area contributed by atoms with Crippen LogP contribution < -0.4 is 5.11 Å². The summed E-state index contributed by atoms with van der Waals surface area (Å²) in [7, 11) is 5.43. The highest BCUT2D eigenvalue weighted by molar-refractivity contribution is 6.75. The molecule has 0 aromatic carbocycles. The van der Waals surface area contributed by atoms with Crippen LogP contribution in [0.3, 0.4) is 0 Å². The number of halogens is 3. The first-order chi connectivity index (χ1) is 7.42. The maximum Gasteiger partial charge on any atom is 0.359 e. The number of aliphatic carboxylic acids is 1. The summed E-state index contributed by atoms with van der Waals surface area (Å²) in [5.74, 6) is -2.43. The van der Waals surface area contributed by atoms with E-state index in [1.165, 1.54) is 0 Å². The van der Waals surface area contributed by atoms with Crippen LogP contribution in [0, 0.1) is 0 Å². The van der Waals surface area contributed by atoms with Gasteiger partial charge in [-0.15, -0.1) is 0 Å². The molecular weight excluding hydrogens is 292 g/mol. The predicted octanol–water partition coefficient (Wildman–Crippen LogP) is 0.115. The van der Waals surface area contributed by atoms with Crippen molar-refractivity contribution in [2.75, 3.05) is 27.7 Å². The molecule has 0 rings (SSSR count). The van der Waals surface area contributed by atoms with E-state index in [4.69, 9.17) is 39.5 Å². The normalized spacial score (nSPS) is 14.2. The van der Waals surface area contributed by atoms with Crippen molar-refractivity contribution in [1.29, 1.82) is 0 Å². The maximum atomic E-state index is 11.3. The zero-order chi connectivity index (χ0) is 13.9. The Kier molecular flexibility index (Phi) is 6.01. The fourth-order valence-electron chi connectivity index (χ4n) is 1.16. The third-order valence-corrected chi connectivity index (χ3v) is 2.11. The second-order valence-corrected chi connectivity index (χ2v) is 6.86. The van der Waals surface area contributed by atoms with Crippen molar-refractivity contribution in [2.45, 2.75) is 16.3 Å². The van der Waals surface area contributed by atoms with E-state index in [9.17, 15) is 14.7 Å². The fraction of sp³-hybridized carbons (Fsp3) is 0.778. The van der Waals surface area contributed by atoms with Crippen LogP contribution in [-0.2, 0) is 14.3 Å². The quantitative estimate of drug-likeness (QED) is 0.411. The van der Waals surface area contributed by atoms with E-state index in [1.807, 2.05) is 21.1 Å². The van der Waals surface area contributed by atoms with E-state index < -0.39 is 28.3 Å². The first kappa shape index (κ1) is 16.8. The smallest absolute Gasteiger partial charge is 0.359 e. The molecule has 0 aromatic heterocycles. The molecule has 0 bridgehead atoms. The Morgan fingerprint density at radius 2 is 1.76 bits per heavy atom. The van der Waals surface area contributed by atoms with Crippen molar-refractivity contribution < 1.29 is 23.9 Å². The number of esters is 1. The molecule has 100 valence electrons. The Hall–Kier alpha value is -0.230. The first-order valence-corrected chi connectivity index (χ1v) is 5.83. The van der Waals surface area contributed by atoms with Gasteiger partial charge in [-0.1, -0.05) is 34.8 Å². The molecule has 0 aliphatic rings. The average molecular weight is 307 g/mol. The van der Waals surface area contributed by atoms with Gasteiger partial charge in [-0.25, -0.2) is 4.79 Å². The molecule has 0 radical (unpaired) electrons. The summed E-state index contributed by atoms with van der Waals surface area (Å²) in [6.07, 6.45) is -1.34. The summed E-state index contributed by atoms with van der Waals surface area (Å²) < 4.78 is 3.01. The second kappa shape index (κ2) is 6.09. The van der Waals surface area contributed by atoms with Crippen LogP contribution in [0.4, 0.5) is 0 Å². The predicted molar refractivity (Wildman–Crippen MR) is 62.7 cm³/mol. The highest BCUT2D eigenvalue weighted by Gasteiger charge is 2.35. The van der Waals surface area contributed by atoms with Crippen molar-refractivity contribution in [2.24, 2.45) is 0 Å². The monoisotopic (exact) mass is 305 g/mol. The van der Waals surface area contributed by atoms with Crippen LogP contribution in [0.5, 0.6) is 0 Å². The Balaban J connectivity index is 4.60. The number of carboxylic acids is 1. The molecule has 0 heterocycles. The van der Waals surface area contributed by atoms with Crippen molar-refractivity contribution in [3.05, 3.63) is 0 Å². The maximum absolute atomic E-state index is 11.3. The number of likely N-dealkylation sites (N-methyl/N-ethyl adjacent to an activating group) is 1. The minimum absolute atomic E-state index is 0.264. The lowest BCUT2D eigenvalue weighted by Gasteiger charge is -2.29. The average Bonchev–Trinajstić information content (AvgIpc) is 1.96.